The van der Waals surface area contributed by atoms with E-state index in [1.165, 1.54) is 0 Å². The predicted molar refractivity (Wildman–Crippen MR) is 121 cm³/mol. The molecule has 5 nitrogen and oxygen atoms in total. The number of aliphatic hydroxyl groups is 1. The zero-order valence-corrected chi connectivity index (χ0v) is 18.9. The Kier molecular flexibility index (Phi) is 5.31. The van der Waals surface area contributed by atoms with Crippen molar-refractivity contribution >= 4 is 5.82 Å². The monoisotopic (exact) mass is 409 g/mol. The van der Waals surface area contributed by atoms with Crippen LogP contribution in [0.5, 0.6) is 5.75 Å². The summed E-state index contributed by atoms with van der Waals surface area (Å²) in [5, 5.41) is 12.0. The molecule has 1 aromatic heterocycles. The van der Waals surface area contributed by atoms with Gasteiger partial charge in [0.25, 0.3) is 0 Å². The molecule has 1 saturated carbocycles. The number of benzene rings is 1. The van der Waals surface area contributed by atoms with Gasteiger partial charge in [-0.05, 0) is 36.8 Å². The van der Waals surface area contributed by atoms with Gasteiger partial charge >= 0.3 is 0 Å². The van der Waals surface area contributed by atoms with E-state index in [1.807, 2.05) is 49.5 Å². The van der Waals surface area contributed by atoms with E-state index in [0.717, 1.165) is 43.3 Å². The molecule has 4 rings (SSSR count). The van der Waals surface area contributed by atoms with Crippen molar-refractivity contribution in [3.05, 3.63) is 54.2 Å². The van der Waals surface area contributed by atoms with E-state index >= 15 is 0 Å². The third-order valence-corrected chi connectivity index (χ3v) is 7.47. The minimum atomic E-state index is -0.895. The van der Waals surface area contributed by atoms with Gasteiger partial charge in [-0.3, -0.25) is 4.90 Å². The molecule has 162 valence electrons. The number of hydrogen-bond acceptors (Lipinski definition) is 5. The highest BCUT2D eigenvalue weighted by Crippen LogP contribution is 2.68. The zero-order valence-electron chi connectivity index (χ0n) is 18.9. The van der Waals surface area contributed by atoms with Crippen LogP contribution in [0, 0.1) is 10.8 Å². The first-order valence-corrected chi connectivity index (χ1v) is 11.1. The average molecular weight is 410 g/mol. The Hall–Kier alpha value is -2.11. The Morgan fingerprint density at radius 2 is 1.60 bits per heavy atom. The van der Waals surface area contributed by atoms with Gasteiger partial charge in [-0.15, -0.1) is 0 Å². The van der Waals surface area contributed by atoms with E-state index in [1.54, 1.807) is 0 Å². The summed E-state index contributed by atoms with van der Waals surface area (Å²) in [7, 11) is 0. The van der Waals surface area contributed by atoms with Gasteiger partial charge in [-0.1, -0.05) is 45.9 Å². The van der Waals surface area contributed by atoms with Crippen molar-refractivity contribution in [2.45, 2.75) is 46.3 Å². The molecular formula is C25H35N3O2. The van der Waals surface area contributed by atoms with Gasteiger partial charge in [-0.25, -0.2) is 4.98 Å². The van der Waals surface area contributed by atoms with Crippen molar-refractivity contribution in [2.24, 2.45) is 10.8 Å². The molecule has 2 aliphatic rings. The largest absolute Gasteiger partial charge is 0.494 e. The lowest BCUT2D eigenvalue weighted by Gasteiger charge is -2.72. The van der Waals surface area contributed by atoms with Crippen molar-refractivity contribution in [1.82, 2.24) is 9.88 Å². The van der Waals surface area contributed by atoms with Crippen LogP contribution in [0.4, 0.5) is 5.82 Å². The summed E-state index contributed by atoms with van der Waals surface area (Å²) in [6.45, 7) is 15.4. The number of rotatable bonds is 5. The lowest BCUT2D eigenvalue weighted by Crippen LogP contribution is -2.79. The third-order valence-electron chi connectivity index (χ3n) is 7.47. The predicted octanol–water partition coefficient (Wildman–Crippen LogP) is 3.92. The molecule has 0 radical (unpaired) electrons. The van der Waals surface area contributed by atoms with Crippen LogP contribution in [-0.4, -0.2) is 53.8 Å². The van der Waals surface area contributed by atoms with E-state index in [-0.39, 0.29) is 10.8 Å². The Morgan fingerprint density at radius 1 is 0.967 bits per heavy atom. The Morgan fingerprint density at radius 3 is 2.13 bits per heavy atom. The first-order valence-electron chi connectivity index (χ1n) is 11.1. The smallest absolute Gasteiger partial charge is 0.128 e. The summed E-state index contributed by atoms with van der Waals surface area (Å²) in [5.74, 6) is 1.90. The second-order valence-electron chi connectivity index (χ2n) is 9.72. The quantitative estimate of drug-likeness (QED) is 0.811. The molecule has 1 aliphatic heterocycles. The summed E-state index contributed by atoms with van der Waals surface area (Å²) < 4.78 is 5.59. The number of aromatic nitrogens is 1. The molecule has 2 fully saturated rings. The topological polar surface area (TPSA) is 48.8 Å². The summed E-state index contributed by atoms with van der Waals surface area (Å²) in [6, 6.07) is 14.4. The van der Waals surface area contributed by atoms with Crippen LogP contribution < -0.4 is 9.64 Å². The van der Waals surface area contributed by atoms with E-state index in [0.29, 0.717) is 12.6 Å². The normalized spacial score (nSPS) is 28.1. The van der Waals surface area contributed by atoms with Crippen molar-refractivity contribution in [1.29, 1.82) is 0 Å². The number of hydrogen-bond donors (Lipinski definition) is 1. The molecule has 1 N–H and O–H groups in total. The molecule has 2 aromatic rings. The van der Waals surface area contributed by atoms with Gasteiger partial charge in [0.2, 0.25) is 0 Å². The van der Waals surface area contributed by atoms with Crippen LogP contribution in [0.3, 0.4) is 0 Å². The van der Waals surface area contributed by atoms with Crippen LogP contribution in [0.25, 0.3) is 0 Å². The molecule has 0 spiro atoms. The van der Waals surface area contributed by atoms with Gasteiger partial charge in [0.15, 0.2) is 0 Å². The number of ether oxygens (including phenoxy) is 1. The van der Waals surface area contributed by atoms with Crippen molar-refractivity contribution in [3.63, 3.8) is 0 Å². The summed E-state index contributed by atoms with van der Waals surface area (Å²) in [4.78, 5) is 9.43. The highest BCUT2D eigenvalue weighted by atomic mass is 16.5. The number of pyridine rings is 1. The first-order chi connectivity index (χ1) is 14.2. The van der Waals surface area contributed by atoms with E-state index in [4.69, 9.17) is 4.74 Å². The molecule has 0 bridgehead atoms. The van der Waals surface area contributed by atoms with Crippen LogP contribution in [0.2, 0.25) is 0 Å². The lowest BCUT2D eigenvalue weighted by molar-refractivity contribution is -0.307. The molecule has 5 heteroatoms. The zero-order chi connectivity index (χ0) is 21.6. The maximum atomic E-state index is 12.0. The molecule has 1 aliphatic carbocycles. The highest BCUT2D eigenvalue weighted by Gasteiger charge is 2.73. The third kappa shape index (κ3) is 3.02. The van der Waals surface area contributed by atoms with Gasteiger partial charge in [-0.2, -0.15) is 0 Å². The van der Waals surface area contributed by atoms with Crippen molar-refractivity contribution in [3.8, 4) is 5.75 Å². The molecule has 0 atom stereocenters. The minimum absolute atomic E-state index is 0.267. The van der Waals surface area contributed by atoms with E-state index in [9.17, 15) is 5.11 Å². The van der Waals surface area contributed by atoms with Crippen LogP contribution in [-0.2, 0) is 5.60 Å². The summed E-state index contributed by atoms with van der Waals surface area (Å²) in [5.41, 5.74) is -0.453. The Balaban J connectivity index is 1.52. The van der Waals surface area contributed by atoms with Gasteiger partial charge in [0.1, 0.15) is 17.2 Å². The second kappa shape index (κ2) is 7.54. The van der Waals surface area contributed by atoms with E-state index in [2.05, 4.69) is 48.5 Å². The highest BCUT2D eigenvalue weighted by molar-refractivity contribution is 5.41. The fraction of sp³-hybridized carbons (Fsp3) is 0.560. The summed E-state index contributed by atoms with van der Waals surface area (Å²) >= 11 is 0. The minimum Gasteiger partial charge on any atom is -0.494 e. The molecule has 0 amide bonds. The molecule has 0 unspecified atom stereocenters. The maximum absolute atomic E-state index is 12.0. The van der Waals surface area contributed by atoms with Gasteiger partial charge in [0, 0.05) is 49.2 Å². The Labute approximate surface area is 180 Å². The van der Waals surface area contributed by atoms with E-state index < -0.39 is 5.60 Å². The first kappa shape index (κ1) is 21.1. The van der Waals surface area contributed by atoms with Crippen LogP contribution in [0.15, 0.2) is 48.7 Å². The molecule has 1 aromatic carbocycles. The van der Waals surface area contributed by atoms with Crippen LogP contribution >= 0.6 is 0 Å². The van der Waals surface area contributed by atoms with Gasteiger partial charge < -0.3 is 14.7 Å². The van der Waals surface area contributed by atoms with Crippen LogP contribution in [0.1, 0.15) is 40.2 Å². The van der Waals surface area contributed by atoms with Crippen molar-refractivity contribution < 1.29 is 9.84 Å². The molecular weight excluding hydrogens is 374 g/mol. The SMILES string of the molecule is CCOc1ccc(C2(O)C(C)(C)C(N3CCN(c4ccccn4)CC3)C2(C)C)cc1. The number of anilines is 1. The summed E-state index contributed by atoms with van der Waals surface area (Å²) in [6.07, 6.45) is 1.86. The molecule has 30 heavy (non-hydrogen) atoms. The lowest BCUT2D eigenvalue weighted by atomic mass is 9.39. The molecule has 2 heterocycles. The van der Waals surface area contributed by atoms with Crippen molar-refractivity contribution in [2.75, 3.05) is 37.7 Å². The standard InChI is InChI=1S/C25H35N3O2/c1-6-30-20-12-10-19(11-13-20)25(29)23(2,3)22(24(25,4)5)28-17-15-27(16-18-28)21-9-7-8-14-26-21/h7-14,22,29H,6,15-18H2,1-5H3. The average Bonchev–Trinajstić information content (AvgIpc) is 2.74. The van der Waals surface area contributed by atoms with Gasteiger partial charge in [0.05, 0.1) is 6.61 Å². The fourth-order valence-electron chi connectivity index (χ4n) is 6.42. The fourth-order valence-corrected chi connectivity index (χ4v) is 6.42. The Bertz CT molecular complexity index is 840. The number of nitrogens with zero attached hydrogens (tertiary/aromatic N) is 3. The second-order valence-corrected chi connectivity index (χ2v) is 9.72. The molecule has 1 saturated heterocycles. The number of piperazine rings is 1. The maximum Gasteiger partial charge on any atom is 0.128 e.